The Hall–Kier alpha value is -0.810. The summed E-state index contributed by atoms with van der Waals surface area (Å²) in [6, 6.07) is 8.62. The van der Waals surface area contributed by atoms with E-state index < -0.39 is 0 Å². The Morgan fingerprint density at radius 3 is 2.39 bits per heavy atom. The minimum Gasteiger partial charge on any atom is -0.390 e. The molecule has 23 heavy (non-hydrogen) atoms. The number of aliphatic hydroxyl groups is 1. The quantitative estimate of drug-likeness (QED) is 0.836. The molecule has 0 spiro atoms. The largest absolute Gasteiger partial charge is 0.390 e. The van der Waals surface area contributed by atoms with Gasteiger partial charge in [0.1, 0.15) is 0 Å². The molecule has 1 aromatic carbocycles. The van der Waals surface area contributed by atoms with Crippen molar-refractivity contribution in [3.05, 3.63) is 29.3 Å². The van der Waals surface area contributed by atoms with Crippen LogP contribution < -0.4 is 10.2 Å². The summed E-state index contributed by atoms with van der Waals surface area (Å²) in [6.07, 6.45) is 4.56. The van der Waals surface area contributed by atoms with Gasteiger partial charge in [-0.05, 0) is 63.0 Å². The molecule has 1 aromatic rings. The molecule has 0 radical (unpaired) electrons. The molecule has 3 rings (SSSR count). The highest BCUT2D eigenvalue weighted by Crippen LogP contribution is 2.22. The van der Waals surface area contributed by atoms with Crippen molar-refractivity contribution in [3.8, 4) is 0 Å². The van der Waals surface area contributed by atoms with Gasteiger partial charge in [-0.15, -0.1) is 0 Å². The summed E-state index contributed by atoms with van der Waals surface area (Å²) in [5.41, 5.74) is 1.25. The van der Waals surface area contributed by atoms with Crippen LogP contribution in [0.25, 0.3) is 0 Å². The zero-order valence-electron chi connectivity index (χ0n) is 13.8. The lowest BCUT2D eigenvalue weighted by atomic mass is 10.0. The molecule has 128 valence electrons. The van der Waals surface area contributed by atoms with Crippen LogP contribution in [-0.4, -0.2) is 61.4 Å². The van der Waals surface area contributed by atoms with Crippen LogP contribution in [0, 0.1) is 0 Å². The van der Waals surface area contributed by atoms with Crippen LogP contribution in [0.2, 0.25) is 5.02 Å². The number of hydrogen-bond donors (Lipinski definition) is 2. The average molecular weight is 338 g/mol. The van der Waals surface area contributed by atoms with Crippen molar-refractivity contribution < 1.29 is 5.11 Å². The van der Waals surface area contributed by atoms with Crippen LogP contribution in [0.5, 0.6) is 0 Å². The van der Waals surface area contributed by atoms with Crippen LogP contribution in [0.15, 0.2) is 24.3 Å². The van der Waals surface area contributed by atoms with Crippen LogP contribution in [0.1, 0.15) is 25.7 Å². The van der Waals surface area contributed by atoms with E-state index in [1.807, 2.05) is 12.1 Å². The van der Waals surface area contributed by atoms with Gasteiger partial charge in [-0.3, -0.25) is 0 Å². The van der Waals surface area contributed by atoms with Gasteiger partial charge in [-0.2, -0.15) is 0 Å². The van der Waals surface area contributed by atoms with E-state index >= 15 is 0 Å². The van der Waals surface area contributed by atoms with Crippen molar-refractivity contribution in [2.75, 3.05) is 44.2 Å². The SMILES string of the molecule is OC(CNC1CCN(c2ccc(Cl)cc2)CC1)CN1CCCC1. The maximum absolute atomic E-state index is 10.2. The minimum absolute atomic E-state index is 0.248. The summed E-state index contributed by atoms with van der Waals surface area (Å²) in [4.78, 5) is 4.78. The molecule has 0 aromatic heterocycles. The van der Waals surface area contributed by atoms with Gasteiger partial charge in [0.25, 0.3) is 0 Å². The maximum Gasteiger partial charge on any atom is 0.0791 e. The summed E-state index contributed by atoms with van der Waals surface area (Å²) >= 11 is 5.95. The number of nitrogens with zero attached hydrogens (tertiary/aromatic N) is 2. The summed E-state index contributed by atoms with van der Waals surface area (Å²) in [6.45, 7) is 5.94. The number of piperidine rings is 1. The van der Waals surface area contributed by atoms with Crippen LogP contribution >= 0.6 is 11.6 Å². The maximum atomic E-state index is 10.2. The highest BCUT2D eigenvalue weighted by atomic mass is 35.5. The minimum atomic E-state index is -0.248. The topological polar surface area (TPSA) is 38.7 Å². The van der Waals surface area contributed by atoms with Gasteiger partial charge in [-0.25, -0.2) is 0 Å². The van der Waals surface area contributed by atoms with E-state index in [0.717, 1.165) is 50.6 Å². The van der Waals surface area contributed by atoms with Gasteiger partial charge in [0, 0.05) is 42.9 Å². The summed E-state index contributed by atoms with van der Waals surface area (Å²) in [5.74, 6) is 0. The van der Waals surface area contributed by atoms with Crippen LogP contribution in [0.3, 0.4) is 0 Å². The Labute approximate surface area is 144 Å². The molecule has 2 aliphatic rings. The molecule has 2 saturated heterocycles. The van der Waals surface area contributed by atoms with Crippen molar-refractivity contribution in [2.45, 2.75) is 37.8 Å². The first-order valence-electron chi connectivity index (χ1n) is 8.85. The molecule has 2 fully saturated rings. The van der Waals surface area contributed by atoms with Crippen molar-refractivity contribution in [1.29, 1.82) is 0 Å². The highest BCUT2D eigenvalue weighted by Gasteiger charge is 2.21. The van der Waals surface area contributed by atoms with Gasteiger partial charge in [0.05, 0.1) is 6.10 Å². The fourth-order valence-corrected chi connectivity index (χ4v) is 3.75. The molecule has 4 nitrogen and oxygen atoms in total. The fourth-order valence-electron chi connectivity index (χ4n) is 3.62. The predicted octanol–water partition coefficient (Wildman–Crippen LogP) is 2.36. The number of anilines is 1. The molecular formula is C18H28ClN3O. The van der Waals surface area contributed by atoms with Gasteiger partial charge >= 0.3 is 0 Å². The third-order valence-corrected chi connectivity index (χ3v) is 5.25. The molecule has 5 heteroatoms. The molecule has 2 N–H and O–H groups in total. The number of aliphatic hydroxyl groups excluding tert-OH is 1. The number of likely N-dealkylation sites (tertiary alicyclic amines) is 1. The number of nitrogens with one attached hydrogen (secondary N) is 1. The standard InChI is InChI=1S/C18H28ClN3O/c19-15-3-5-17(6-4-15)22-11-7-16(8-12-22)20-13-18(23)14-21-9-1-2-10-21/h3-6,16,18,20,23H,1-2,7-14H2. The van der Waals surface area contributed by atoms with Crippen molar-refractivity contribution in [2.24, 2.45) is 0 Å². The number of hydrogen-bond acceptors (Lipinski definition) is 4. The lowest BCUT2D eigenvalue weighted by Crippen LogP contribution is -2.46. The molecule has 0 saturated carbocycles. The second kappa shape index (κ2) is 8.34. The van der Waals surface area contributed by atoms with Gasteiger partial charge < -0.3 is 20.2 Å². The van der Waals surface area contributed by atoms with E-state index in [1.54, 1.807) is 0 Å². The molecule has 0 bridgehead atoms. The second-order valence-corrected chi connectivity index (χ2v) is 7.24. The van der Waals surface area contributed by atoms with Crippen molar-refractivity contribution >= 4 is 17.3 Å². The first-order valence-corrected chi connectivity index (χ1v) is 9.23. The number of rotatable bonds is 6. The first kappa shape index (κ1) is 17.0. The molecule has 2 heterocycles. The number of halogens is 1. The Morgan fingerprint density at radius 1 is 1.09 bits per heavy atom. The number of benzene rings is 1. The fraction of sp³-hybridized carbons (Fsp3) is 0.667. The Balaban J connectivity index is 1.36. The molecule has 2 aliphatic heterocycles. The molecular weight excluding hydrogens is 310 g/mol. The Morgan fingerprint density at radius 2 is 1.74 bits per heavy atom. The van der Waals surface area contributed by atoms with Crippen LogP contribution in [-0.2, 0) is 0 Å². The summed E-state index contributed by atoms with van der Waals surface area (Å²) in [5, 5.41) is 14.5. The monoisotopic (exact) mass is 337 g/mol. The molecule has 0 aliphatic carbocycles. The Kier molecular flexibility index (Phi) is 6.17. The first-order chi connectivity index (χ1) is 11.2. The lowest BCUT2D eigenvalue weighted by molar-refractivity contribution is 0.119. The van der Waals surface area contributed by atoms with Gasteiger partial charge in [-0.1, -0.05) is 11.6 Å². The van der Waals surface area contributed by atoms with E-state index in [9.17, 15) is 5.11 Å². The average Bonchev–Trinajstić information content (AvgIpc) is 3.07. The summed E-state index contributed by atoms with van der Waals surface area (Å²) < 4.78 is 0. The molecule has 1 unspecified atom stereocenters. The molecule has 1 atom stereocenters. The number of β-amino-alcohol motifs (C(OH)–C–C–N with tert-alkyl or cyclic N) is 1. The highest BCUT2D eigenvalue weighted by molar-refractivity contribution is 6.30. The smallest absolute Gasteiger partial charge is 0.0791 e. The van der Waals surface area contributed by atoms with E-state index in [0.29, 0.717) is 12.6 Å². The van der Waals surface area contributed by atoms with E-state index in [2.05, 4.69) is 27.2 Å². The van der Waals surface area contributed by atoms with Crippen LogP contribution in [0.4, 0.5) is 5.69 Å². The Bertz CT molecular complexity index is 468. The summed E-state index contributed by atoms with van der Waals surface area (Å²) in [7, 11) is 0. The zero-order valence-corrected chi connectivity index (χ0v) is 14.5. The third kappa shape index (κ3) is 5.08. The van der Waals surface area contributed by atoms with E-state index in [4.69, 9.17) is 11.6 Å². The van der Waals surface area contributed by atoms with Crippen molar-refractivity contribution in [3.63, 3.8) is 0 Å². The predicted molar refractivity (Wildman–Crippen MR) is 96.4 cm³/mol. The van der Waals surface area contributed by atoms with E-state index in [-0.39, 0.29) is 6.10 Å². The third-order valence-electron chi connectivity index (χ3n) is 5.00. The van der Waals surface area contributed by atoms with Gasteiger partial charge in [0.15, 0.2) is 0 Å². The lowest BCUT2D eigenvalue weighted by Gasteiger charge is -2.34. The van der Waals surface area contributed by atoms with Crippen molar-refractivity contribution in [1.82, 2.24) is 10.2 Å². The molecule has 0 amide bonds. The van der Waals surface area contributed by atoms with Gasteiger partial charge in [0.2, 0.25) is 0 Å². The van der Waals surface area contributed by atoms with E-state index in [1.165, 1.54) is 18.5 Å². The zero-order chi connectivity index (χ0) is 16.1. The normalized spacial score (nSPS) is 21.7. The second-order valence-electron chi connectivity index (χ2n) is 6.81.